The molecule has 0 spiro atoms. The maximum atomic E-state index is 9.36. The number of nitrogens with zero attached hydrogens (tertiary/aromatic N) is 2. The summed E-state index contributed by atoms with van der Waals surface area (Å²) >= 11 is 0. The molecule has 0 radical (unpaired) electrons. The summed E-state index contributed by atoms with van der Waals surface area (Å²) in [7, 11) is 2.10. The van der Waals surface area contributed by atoms with Gasteiger partial charge in [-0.15, -0.1) is 0 Å². The Kier molecular flexibility index (Phi) is 6.38. The van der Waals surface area contributed by atoms with Crippen LogP contribution in [0.4, 0.5) is 5.69 Å². The minimum absolute atomic E-state index is 0.355. The van der Waals surface area contributed by atoms with Gasteiger partial charge in [0, 0.05) is 19.3 Å². The molecule has 0 saturated carbocycles. The molecule has 0 aromatic heterocycles. The predicted octanol–water partition coefficient (Wildman–Crippen LogP) is 3.18. The second-order valence-electron chi connectivity index (χ2n) is 4.94. The first kappa shape index (κ1) is 15.5. The van der Waals surface area contributed by atoms with Crippen molar-refractivity contribution in [2.45, 2.75) is 38.6 Å². The van der Waals surface area contributed by atoms with E-state index in [-0.39, 0.29) is 5.54 Å². The van der Waals surface area contributed by atoms with Crippen LogP contribution in [0, 0.1) is 11.3 Å². The molecular formula is C16H25N3. The van der Waals surface area contributed by atoms with E-state index < -0.39 is 0 Å². The van der Waals surface area contributed by atoms with E-state index in [0.29, 0.717) is 0 Å². The van der Waals surface area contributed by atoms with Crippen LogP contribution in [-0.2, 0) is 0 Å². The Bertz CT molecular complexity index is 396. The quantitative estimate of drug-likeness (QED) is 0.779. The number of nitriles is 1. The highest BCUT2D eigenvalue weighted by Crippen LogP contribution is 2.18. The fourth-order valence-corrected chi connectivity index (χ4v) is 2.33. The zero-order chi connectivity index (χ0) is 14.1. The van der Waals surface area contributed by atoms with Crippen molar-refractivity contribution < 1.29 is 0 Å². The standard InChI is InChI=1S/C16H25N3/c1-4-16(14-17,18-5-2)12-9-13-19(3)15-10-7-6-8-11-15/h6-8,10-11,18H,4-5,9,12-13H2,1-3H3. The number of nitrogens with one attached hydrogen (secondary N) is 1. The van der Waals surface area contributed by atoms with E-state index in [9.17, 15) is 5.26 Å². The van der Waals surface area contributed by atoms with Gasteiger partial charge < -0.3 is 4.90 Å². The number of para-hydroxylation sites is 1. The van der Waals surface area contributed by atoms with E-state index in [1.165, 1.54) is 5.69 Å². The summed E-state index contributed by atoms with van der Waals surface area (Å²) in [6.45, 7) is 5.94. The van der Waals surface area contributed by atoms with Crippen molar-refractivity contribution in [3.05, 3.63) is 30.3 Å². The fourth-order valence-electron chi connectivity index (χ4n) is 2.33. The van der Waals surface area contributed by atoms with E-state index >= 15 is 0 Å². The lowest BCUT2D eigenvalue weighted by atomic mass is 9.92. The minimum Gasteiger partial charge on any atom is -0.375 e. The monoisotopic (exact) mass is 259 g/mol. The molecule has 0 fully saturated rings. The normalized spacial score (nSPS) is 13.6. The zero-order valence-corrected chi connectivity index (χ0v) is 12.3. The molecule has 19 heavy (non-hydrogen) atoms. The summed E-state index contributed by atoms with van der Waals surface area (Å²) in [6, 6.07) is 12.8. The van der Waals surface area contributed by atoms with Crippen LogP contribution in [0.3, 0.4) is 0 Å². The van der Waals surface area contributed by atoms with Crippen molar-refractivity contribution in [1.29, 1.82) is 5.26 Å². The molecule has 1 aromatic rings. The number of benzene rings is 1. The molecule has 0 aliphatic rings. The number of hydrogen-bond acceptors (Lipinski definition) is 3. The van der Waals surface area contributed by atoms with Crippen LogP contribution < -0.4 is 10.2 Å². The SMILES string of the molecule is CCNC(C#N)(CC)CCCN(C)c1ccccc1. The van der Waals surface area contributed by atoms with Crippen LogP contribution >= 0.6 is 0 Å². The van der Waals surface area contributed by atoms with Gasteiger partial charge in [0.1, 0.15) is 5.54 Å². The Hall–Kier alpha value is -1.53. The number of hydrogen-bond donors (Lipinski definition) is 1. The van der Waals surface area contributed by atoms with E-state index in [1.807, 2.05) is 6.07 Å². The third-order valence-corrected chi connectivity index (χ3v) is 3.63. The fraction of sp³-hybridized carbons (Fsp3) is 0.562. The summed E-state index contributed by atoms with van der Waals surface area (Å²) in [5, 5.41) is 12.7. The van der Waals surface area contributed by atoms with Gasteiger partial charge in [0.25, 0.3) is 0 Å². The first-order chi connectivity index (χ1) is 9.17. The van der Waals surface area contributed by atoms with E-state index in [2.05, 4.69) is 61.4 Å². The van der Waals surface area contributed by atoms with E-state index in [4.69, 9.17) is 0 Å². The summed E-state index contributed by atoms with van der Waals surface area (Å²) in [5.41, 5.74) is 0.872. The van der Waals surface area contributed by atoms with Crippen molar-refractivity contribution in [2.24, 2.45) is 0 Å². The molecule has 3 heteroatoms. The van der Waals surface area contributed by atoms with Crippen LogP contribution in [-0.4, -0.2) is 25.7 Å². The topological polar surface area (TPSA) is 39.1 Å². The molecule has 1 unspecified atom stereocenters. The van der Waals surface area contributed by atoms with Gasteiger partial charge in [0.15, 0.2) is 0 Å². The van der Waals surface area contributed by atoms with Gasteiger partial charge in [-0.25, -0.2) is 0 Å². The second kappa shape index (κ2) is 7.81. The largest absolute Gasteiger partial charge is 0.375 e. The first-order valence-electron chi connectivity index (χ1n) is 7.10. The minimum atomic E-state index is -0.355. The Morgan fingerprint density at radius 2 is 1.95 bits per heavy atom. The summed E-state index contributed by atoms with van der Waals surface area (Å²) in [4.78, 5) is 2.24. The van der Waals surface area contributed by atoms with Gasteiger partial charge in [0.05, 0.1) is 6.07 Å². The summed E-state index contributed by atoms with van der Waals surface area (Å²) < 4.78 is 0. The molecule has 0 amide bonds. The molecule has 0 saturated heterocycles. The Morgan fingerprint density at radius 1 is 1.26 bits per heavy atom. The zero-order valence-electron chi connectivity index (χ0n) is 12.3. The van der Waals surface area contributed by atoms with Crippen molar-refractivity contribution in [3.8, 4) is 6.07 Å². The molecule has 0 bridgehead atoms. The van der Waals surface area contributed by atoms with Crippen LogP contribution in [0.15, 0.2) is 30.3 Å². The van der Waals surface area contributed by atoms with E-state index in [1.54, 1.807) is 0 Å². The average Bonchev–Trinajstić information content (AvgIpc) is 2.47. The molecule has 0 aliphatic heterocycles. The molecular weight excluding hydrogens is 234 g/mol. The van der Waals surface area contributed by atoms with Crippen LogP contribution in [0.1, 0.15) is 33.1 Å². The smallest absolute Gasteiger partial charge is 0.106 e. The summed E-state index contributed by atoms with van der Waals surface area (Å²) in [6.07, 6.45) is 2.76. The summed E-state index contributed by atoms with van der Waals surface area (Å²) in [5.74, 6) is 0. The van der Waals surface area contributed by atoms with Gasteiger partial charge in [-0.05, 0) is 37.9 Å². The molecule has 1 rings (SSSR count). The Labute approximate surface area is 117 Å². The molecule has 104 valence electrons. The van der Waals surface area contributed by atoms with Gasteiger partial charge in [-0.2, -0.15) is 5.26 Å². The van der Waals surface area contributed by atoms with Crippen molar-refractivity contribution in [2.75, 3.05) is 25.0 Å². The molecule has 3 nitrogen and oxygen atoms in total. The molecule has 0 heterocycles. The van der Waals surface area contributed by atoms with Crippen molar-refractivity contribution in [3.63, 3.8) is 0 Å². The maximum Gasteiger partial charge on any atom is 0.106 e. The van der Waals surface area contributed by atoms with Crippen LogP contribution in [0.25, 0.3) is 0 Å². The second-order valence-corrected chi connectivity index (χ2v) is 4.94. The maximum absolute atomic E-state index is 9.36. The third kappa shape index (κ3) is 4.57. The third-order valence-electron chi connectivity index (χ3n) is 3.63. The lowest BCUT2D eigenvalue weighted by molar-refractivity contribution is 0.373. The van der Waals surface area contributed by atoms with Gasteiger partial charge in [-0.1, -0.05) is 32.0 Å². The molecule has 0 aliphatic carbocycles. The predicted molar refractivity (Wildman–Crippen MR) is 81.3 cm³/mol. The first-order valence-corrected chi connectivity index (χ1v) is 7.10. The Morgan fingerprint density at radius 3 is 2.47 bits per heavy atom. The number of anilines is 1. The lowest BCUT2D eigenvalue weighted by Crippen LogP contribution is -2.43. The van der Waals surface area contributed by atoms with Crippen LogP contribution in [0.5, 0.6) is 0 Å². The van der Waals surface area contributed by atoms with Gasteiger partial charge >= 0.3 is 0 Å². The van der Waals surface area contributed by atoms with Gasteiger partial charge in [-0.3, -0.25) is 5.32 Å². The highest BCUT2D eigenvalue weighted by atomic mass is 15.1. The number of rotatable bonds is 8. The molecule has 1 aromatic carbocycles. The van der Waals surface area contributed by atoms with Crippen molar-refractivity contribution in [1.82, 2.24) is 5.32 Å². The highest BCUT2D eigenvalue weighted by molar-refractivity contribution is 5.44. The average molecular weight is 259 g/mol. The highest BCUT2D eigenvalue weighted by Gasteiger charge is 2.25. The van der Waals surface area contributed by atoms with E-state index in [0.717, 1.165) is 32.4 Å². The Balaban J connectivity index is 2.47. The molecule has 1 atom stereocenters. The molecule has 1 N–H and O–H groups in total. The van der Waals surface area contributed by atoms with Crippen molar-refractivity contribution >= 4 is 5.69 Å². The van der Waals surface area contributed by atoms with Gasteiger partial charge in [0.2, 0.25) is 0 Å². The van der Waals surface area contributed by atoms with Crippen LogP contribution in [0.2, 0.25) is 0 Å². The lowest BCUT2D eigenvalue weighted by Gasteiger charge is -2.27.